The third kappa shape index (κ3) is 3.11. The van der Waals surface area contributed by atoms with Gasteiger partial charge in [0.15, 0.2) is 0 Å². The maximum Gasteiger partial charge on any atom is 0.240 e. The lowest BCUT2D eigenvalue weighted by atomic mass is 9.98. The minimum Gasteiger partial charge on any atom is -0.348 e. The quantitative estimate of drug-likeness (QED) is 0.906. The number of nitrogens with zero attached hydrogens (tertiary/aromatic N) is 2. The van der Waals surface area contributed by atoms with Crippen LogP contribution in [0.3, 0.4) is 0 Å². The summed E-state index contributed by atoms with van der Waals surface area (Å²) in [5.41, 5.74) is 6.47. The van der Waals surface area contributed by atoms with Gasteiger partial charge in [-0.25, -0.2) is 0 Å². The molecule has 3 rings (SSSR count). The van der Waals surface area contributed by atoms with Crippen LogP contribution in [0.2, 0.25) is 0 Å². The molecule has 1 aromatic heterocycles. The molecule has 0 bridgehead atoms. The second kappa shape index (κ2) is 5.91. The Hall–Kier alpha value is -1.79. The van der Waals surface area contributed by atoms with Gasteiger partial charge < -0.3 is 11.1 Å². The number of carbonyl (C=O) groups is 1. The molecule has 0 unspecified atom stereocenters. The van der Waals surface area contributed by atoms with Crippen LogP contribution in [0.25, 0.3) is 10.6 Å². The molecule has 0 atom stereocenters. The molecule has 1 aromatic carbocycles. The number of rotatable bonds is 4. The van der Waals surface area contributed by atoms with Gasteiger partial charge in [0, 0.05) is 5.56 Å². The van der Waals surface area contributed by atoms with Crippen molar-refractivity contribution in [1.29, 1.82) is 0 Å². The Labute approximate surface area is 127 Å². The van der Waals surface area contributed by atoms with Crippen molar-refractivity contribution in [3.05, 3.63) is 35.3 Å². The first-order valence-electron chi connectivity index (χ1n) is 7.12. The van der Waals surface area contributed by atoms with Crippen LogP contribution in [-0.2, 0) is 11.3 Å². The van der Waals surface area contributed by atoms with E-state index in [2.05, 4.69) is 15.5 Å². The molecular weight excluding hydrogens is 284 g/mol. The summed E-state index contributed by atoms with van der Waals surface area (Å²) >= 11 is 1.49. The molecule has 1 amide bonds. The van der Waals surface area contributed by atoms with Gasteiger partial charge in [0.05, 0.1) is 12.1 Å². The van der Waals surface area contributed by atoms with Crippen LogP contribution in [0, 0.1) is 0 Å². The van der Waals surface area contributed by atoms with Crippen molar-refractivity contribution in [3.8, 4) is 10.6 Å². The largest absolute Gasteiger partial charge is 0.348 e. The van der Waals surface area contributed by atoms with Crippen molar-refractivity contribution >= 4 is 17.2 Å². The van der Waals surface area contributed by atoms with Gasteiger partial charge in [0.25, 0.3) is 0 Å². The molecule has 0 radical (unpaired) electrons. The molecule has 6 heteroatoms. The fourth-order valence-corrected chi connectivity index (χ4v) is 3.37. The number of aromatic nitrogens is 2. The van der Waals surface area contributed by atoms with E-state index in [1.165, 1.54) is 11.3 Å². The third-order valence-corrected chi connectivity index (χ3v) is 4.81. The van der Waals surface area contributed by atoms with E-state index < -0.39 is 5.54 Å². The van der Waals surface area contributed by atoms with Gasteiger partial charge in [0.1, 0.15) is 10.0 Å². The van der Waals surface area contributed by atoms with Crippen LogP contribution in [-0.4, -0.2) is 21.6 Å². The van der Waals surface area contributed by atoms with Gasteiger partial charge in [-0.1, -0.05) is 54.5 Å². The fourth-order valence-electron chi connectivity index (χ4n) is 2.59. The van der Waals surface area contributed by atoms with Crippen LogP contribution in [0.5, 0.6) is 0 Å². The Morgan fingerprint density at radius 2 is 1.95 bits per heavy atom. The molecule has 5 nitrogen and oxygen atoms in total. The molecule has 0 spiro atoms. The molecule has 3 N–H and O–H groups in total. The van der Waals surface area contributed by atoms with E-state index in [4.69, 9.17) is 5.73 Å². The van der Waals surface area contributed by atoms with Crippen molar-refractivity contribution < 1.29 is 4.79 Å². The van der Waals surface area contributed by atoms with Crippen molar-refractivity contribution in [2.75, 3.05) is 0 Å². The highest BCUT2D eigenvalue weighted by Gasteiger charge is 2.36. The third-order valence-electron chi connectivity index (χ3n) is 3.84. The lowest BCUT2D eigenvalue weighted by Crippen LogP contribution is -2.51. The van der Waals surface area contributed by atoms with E-state index in [-0.39, 0.29) is 5.91 Å². The van der Waals surface area contributed by atoms with E-state index in [9.17, 15) is 4.79 Å². The SMILES string of the molecule is NC1(C(=O)NCc2nnc(-c3ccccc3)s2)CCCC1. The van der Waals surface area contributed by atoms with Gasteiger partial charge in [-0.05, 0) is 12.8 Å². The highest BCUT2D eigenvalue weighted by molar-refractivity contribution is 7.14. The zero-order valence-corrected chi connectivity index (χ0v) is 12.5. The number of hydrogen-bond donors (Lipinski definition) is 2. The summed E-state index contributed by atoms with van der Waals surface area (Å²) in [4.78, 5) is 12.1. The van der Waals surface area contributed by atoms with Crippen LogP contribution in [0.15, 0.2) is 30.3 Å². The zero-order valence-electron chi connectivity index (χ0n) is 11.7. The number of nitrogens with two attached hydrogens (primary N) is 1. The average molecular weight is 302 g/mol. The predicted octanol–water partition coefficient (Wildman–Crippen LogP) is 2.09. The number of amides is 1. The normalized spacial score (nSPS) is 16.8. The summed E-state index contributed by atoms with van der Waals surface area (Å²) in [6, 6.07) is 9.90. The smallest absolute Gasteiger partial charge is 0.240 e. The average Bonchev–Trinajstić information content (AvgIpc) is 3.15. The van der Waals surface area contributed by atoms with Gasteiger partial charge in [-0.2, -0.15) is 0 Å². The van der Waals surface area contributed by atoms with Gasteiger partial charge >= 0.3 is 0 Å². The molecule has 1 aliphatic carbocycles. The van der Waals surface area contributed by atoms with Crippen molar-refractivity contribution in [1.82, 2.24) is 15.5 Å². The molecule has 1 fully saturated rings. The maximum atomic E-state index is 12.1. The van der Waals surface area contributed by atoms with Gasteiger partial charge in [-0.3, -0.25) is 4.79 Å². The minimum atomic E-state index is -0.688. The highest BCUT2D eigenvalue weighted by atomic mass is 32.1. The van der Waals surface area contributed by atoms with E-state index in [0.717, 1.165) is 41.3 Å². The molecule has 21 heavy (non-hydrogen) atoms. The number of benzene rings is 1. The van der Waals surface area contributed by atoms with Crippen molar-refractivity contribution in [3.63, 3.8) is 0 Å². The van der Waals surface area contributed by atoms with Crippen molar-refractivity contribution in [2.24, 2.45) is 5.73 Å². The second-order valence-electron chi connectivity index (χ2n) is 5.41. The summed E-state index contributed by atoms with van der Waals surface area (Å²) in [6.07, 6.45) is 3.59. The lowest BCUT2D eigenvalue weighted by Gasteiger charge is -2.21. The molecule has 1 saturated carbocycles. The molecule has 1 aliphatic rings. The first-order chi connectivity index (χ1) is 10.2. The predicted molar refractivity (Wildman–Crippen MR) is 82.6 cm³/mol. The van der Waals surface area contributed by atoms with E-state index in [0.29, 0.717) is 6.54 Å². The first kappa shape index (κ1) is 14.2. The van der Waals surface area contributed by atoms with E-state index in [1.807, 2.05) is 30.3 Å². The lowest BCUT2D eigenvalue weighted by molar-refractivity contribution is -0.126. The van der Waals surface area contributed by atoms with Crippen LogP contribution in [0.4, 0.5) is 0 Å². The topological polar surface area (TPSA) is 80.9 Å². The zero-order chi connectivity index (χ0) is 14.7. The van der Waals surface area contributed by atoms with Crippen molar-refractivity contribution in [2.45, 2.75) is 37.8 Å². The Kier molecular flexibility index (Phi) is 3.98. The van der Waals surface area contributed by atoms with Crippen LogP contribution >= 0.6 is 11.3 Å². The summed E-state index contributed by atoms with van der Waals surface area (Å²) < 4.78 is 0. The van der Waals surface area contributed by atoms with E-state index >= 15 is 0 Å². The fraction of sp³-hybridized carbons (Fsp3) is 0.400. The number of carbonyl (C=O) groups excluding carboxylic acids is 1. The standard InChI is InChI=1S/C15H18N4OS/c16-15(8-4-5-9-15)14(20)17-10-12-18-19-13(21-12)11-6-2-1-3-7-11/h1-3,6-7H,4-5,8-10,16H2,(H,17,20). The Morgan fingerprint density at radius 1 is 1.24 bits per heavy atom. The molecular formula is C15H18N4OS. The van der Waals surface area contributed by atoms with Crippen LogP contribution in [0.1, 0.15) is 30.7 Å². The Morgan fingerprint density at radius 3 is 2.67 bits per heavy atom. The molecule has 2 aromatic rings. The maximum absolute atomic E-state index is 12.1. The molecule has 1 heterocycles. The monoisotopic (exact) mass is 302 g/mol. The first-order valence-corrected chi connectivity index (χ1v) is 7.94. The summed E-state index contributed by atoms with van der Waals surface area (Å²) in [5.74, 6) is -0.0727. The number of nitrogens with one attached hydrogen (secondary N) is 1. The highest BCUT2D eigenvalue weighted by Crippen LogP contribution is 2.27. The Balaban J connectivity index is 1.62. The van der Waals surface area contributed by atoms with Crippen LogP contribution < -0.4 is 11.1 Å². The molecule has 0 aliphatic heterocycles. The summed E-state index contributed by atoms with van der Waals surface area (Å²) in [5, 5.41) is 12.8. The second-order valence-corrected chi connectivity index (χ2v) is 6.47. The van der Waals surface area contributed by atoms with Gasteiger partial charge in [-0.15, -0.1) is 10.2 Å². The Bertz CT molecular complexity index is 620. The summed E-state index contributed by atoms with van der Waals surface area (Å²) in [6.45, 7) is 0.391. The summed E-state index contributed by atoms with van der Waals surface area (Å²) in [7, 11) is 0. The molecule has 110 valence electrons. The van der Waals surface area contributed by atoms with Gasteiger partial charge in [0.2, 0.25) is 5.91 Å². The molecule has 0 saturated heterocycles. The minimum absolute atomic E-state index is 0.0727. The van der Waals surface area contributed by atoms with E-state index in [1.54, 1.807) is 0 Å². The number of hydrogen-bond acceptors (Lipinski definition) is 5.